The summed E-state index contributed by atoms with van der Waals surface area (Å²) in [7, 11) is -13.3. The van der Waals surface area contributed by atoms with Gasteiger partial charge in [0.2, 0.25) is 0 Å². The molecule has 272 valence electrons. The van der Waals surface area contributed by atoms with Gasteiger partial charge in [-0.25, -0.2) is 4.58 Å². The first-order valence-electron chi connectivity index (χ1n) is 16.0. The first-order valence-corrected chi connectivity index (χ1v) is 20.3. The van der Waals surface area contributed by atoms with Crippen LogP contribution in [0, 0.1) is 0 Å². The Kier molecular flexibility index (Phi) is 11.5. The van der Waals surface area contributed by atoms with E-state index in [1.165, 1.54) is 42.5 Å². The number of nitrogens with zero attached hydrogens (tertiary/aromatic N) is 2. The molecule has 12 nitrogen and oxygen atoms in total. The number of hydrogen-bond donors (Lipinski definition) is 4. The van der Waals surface area contributed by atoms with Crippen LogP contribution in [0.3, 0.4) is 0 Å². The molecule has 52 heavy (non-hydrogen) atoms. The Morgan fingerprint density at radius 2 is 1.17 bits per heavy atom. The molecule has 0 fully saturated rings. The van der Waals surface area contributed by atoms with Crippen molar-refractivity contribution in [2.45, 2.75) is 41.3 Å². The normalized spacial score (nSPS) is 14.0. The molecule has 1 atom stereocenters. The zero-order valence-corrected chi connectivity index (χ0v) is 30.6. The maximum atomic E-state index is 11.8. The fourth-order valence-electron chi connectivity index (χ4n) is 5.87. The van der Waals surface area contributed by atoms with Crippen molar-refractivity contribution < 1.29 is 48.6 Å². The van der Waals surface area contributed by atoms with Gasteiger partial charge >= 0.3 is 0 Å². The first kappa shape index (κ1) is 38.5. The highest BCUT2D eigenvalue weighted by molar-refractivity contribution is 7.86. The lowest BCUT2D eigenvalue weighted by atomic mass is 9.90. The fourth-order valence-corrected chi connectivity index (χ4v) is 7.44. The summed E-state index contributed by atoms with van der Waals surface area (Å²) in [5.74, 6) is 0. The van der Waals surface area contributed by atoms with E-state index in [2.05, 4.69) is 0 Å². The molecule has 0 spiro atoms. The Balaban J connectivity index is 1.53. The number of benzene rings is 4. The van der Waals surface area contributed by atoms with Crippen LogP contribution >= 0.6 is 0 Å². The lowest BCUT2D eigenvalue weighted by molar-refractivity contribution is -0.539. The molecule has 0 bridgehead atoms. The van der Waals surface area contributed by atoms with E-state index < -0.39 is 36.6 Å². The Morgan fingerprint density at radius 1 is 0.654 bits per heavy atom. The number of anilines is 1. The van der Waals surface area contributed by atoms with Gasteiger partial charge in [0.05, 0.1) is 14.7 Å². The van der Waals surface area contributed by atoms with E-state index in [-0.39, 0.29) is 20.2 Å². The van der Waals surface area contributed by atoms with Gasteiger partial charge < -0.3 is 10.0 Å². The van der Waals surface area contributed by atoms with Crippen molar-refractivity contribution >= 4 is 47.3 Å². The van der Waals surface area contributed by atoms with E-state index in [4.69, 9.17) is 0 Å². The molecule has 0 saturated carbocycles. The third kappa shape index (κ3) is 9.00. The molecular formula is C37H37N2O10S3+. The van der Waals surface area contributed by atoms with Gasteiger partial charge in [-0.1, -0.05) is 48.5 Å². The Bertz CT molecular complexity index is 2420. The summed E-state index contributed by atoms with van der Waals surface area (Å²) in [6.45, 7) is 5.08. The smallest absolute Gasteiger partial charge is 0.294 e. The molecule has 0 aliphatic heterocycles. The lowest BCUT2D eigenvalue weighted by Gasteiger charge is -2.29. The molecule has 1 aliphatic rings. The Morgan fingerprint density at radius 3 is 1.69 bits per heavy atom. The van der Waals surface area contributed by atoms with Crippen molar-refractivity contribution in [3.63, 3.8) is 0 Å². The largest absolute Gasteiger partial charge is 0.369 e. The van der Waals surface area contributed by atoms with Crippen LogP contribution in [0.2, 0.25) is 0 Å². The first-order chi connectivity index (χ1) is 24.5. The van der Waals surface area contributed by atoms with E-state index in [1.807, 2.05) is 54.9 Å². The average Bonchev–Trinajstić information content (AvgIpc) is 3.11. The molecular weight excluding hydrogens is 729 g/mol. The second kappa shape index (κ2) is 15.5. The minimum Gasteiger partial charge on any atom is -0.369 e. The van der Waals surface area contributed by atoms with Gasteiger partial charge in [-0.3, -0.25) is 13.7 Å². The molecule has 0 aromatic heterocycles. The summed E-state index contributed by atoms with van der Waals surface area (Å²) in [6, 6.07) is 24.5. The van der Waals surface area contributed by atoms with Crippen molar-refractivity contribution in [3.8, 4) is 0 Å². The highest BCUT2D eigenvalue weighted by atomic mass is 32.2. The number of hydrogen-bond acceptors (Lipinski definition) is 8. The van der Waals surface area contributed by atoms with E-state index >= 15 is 0 Å². The zero-order valence-electron chi connectivity index (χ0n) is 28.1. The quantitative estimate of drug-likeness (QED) is 0.0805. The molecule has 0 amide bonds. The van der Waals surface area contributed by atoms with Crippen molar-refractivity contribution in [2.75, 3.05) is 18.0 Å². The summed E-state index contributed by atoms with van der Waals surface area (Å²) < 4.78 is 101. The summed E-state index contributed by atoms with van der Waals surface area (Å²) in [6.07, 6.45) is 6.37. The SMILES string of the molecule is CCN(c1ccc(C(=C2C=CC(=[N+](CC)Cc3cccc(S(=O)(=O)O)c3)C=C2)c2ccc(S(=O)(=O)O)cc2)cc1)C(O)c1cccc(S(=O)(=O)O)c1. The predicted molar refractivity (Wildman–Crippen MR) is 197 cm³/mol. The van der Waals surface area contributed by atoms with Crippen LogP contribution in [-0.2, 0) is 36.9 Å². The topological polar surface area (TPSA) is 190 Å². The minimum absolute atomic E-state index is 0.190. The number of rotatable bonds is 12. The maximum absolute atomic E-state index is 11.8. The van der Waals surface area contributed by atoms with Crippen molar-refractivity contribution in [2.24, 2.45) is 0 Å². The van der Waals surface area contributed by atoms with Crippen LogP contribution in [0.5, 0.6) is 0 Å². The average molecular weight is 766 g/mol. The monoisotopic (exact) mass is 765 g/mol. The van der Waals surface area contributed by atoms with Crippen molar-refractivity contribution in [1.29, 1.82) is 0 Å². The third-order valence-electron chi connectivity index (χ3n) is 8.49. The number of aliphatic hydroxyl groups excluding tert-OH is 1. The van der Waals surface area contributed by atoms with Crippen molar-refractivity contribution in [3.05, 3.63) is 149 Å². The summed E-state index contributed by atoms with van der Waals surface area (Å²) in [5.41, 5.74) is 5.29. The van der Waals surface area contributed by atoms with Gasteiger partial charge in [-0.2, -0.15) is 25.3 Å². The second-order valence-electron chi connectivity index (χ2n) is 11.8. The van der Waals surface area contributed by atoms with Crippen LogP contribution in [0.1, 0.15) is 42.3 Å². The van der Waals surface area contributed by atoms with E-state index in [0.717, 1.165) is 22.4 Å². The summed E-state index contributed by atoms with van der Waals surface area (Å²) >= 11 is 0. The highest BCUT2D eigenvalue weighted by Gasteiger charge is 2.21. The van der Waals surface area contributed by atoms with Crippen LogP contribution in [0.4, 0.5) is 5.69 Å². The lowest BCUT2D eigenvalue weighted by Crippen LogP contribution is -2.28. The molecule has 5 rings (SSSR count). The Labute approximate surface area is 303 Å². The molecule has 0 radical (unpaired) electrons. The second-order valence-corrected chi connectivity index (χ2v) is 16.1. The minimum atomic E-state index is -4.48. The van der Waals surface area contributed by atoms with Crippen LogP contribution in [-0.4, -0.2) is 67.4 Å². The fraction of sp³-hybridized carbons (Fsp3) is 0.162. The molecule has 1 aliphatic carbocycles. The number of aliphatic hydroxyl groups is 1. The van der Waals surface area contributed by atoms with Gasteiger partial charge in [0.25, 0.3) is 30.4 Å². The molecule has 4 aromatic carbocycles. The Hall–Kier alpha value is -4.74. The zero-order chi connectivity index (χ0) is 37.8. The van der Waals surface area contributed by atoms with Crippen LogP contribution < -0.4 is 4.90 Å². The van der Waals surface area contributed by atoms with E-state index in [1.54, 1.807) is 47.4 Å². The standard InChI is InChI=1S/C37H36N2O10S3/c1-3-38(25-26-7-5-9-34(23-26)51(44,45)46)31-17-11-27(12-18-31)36(29-15-21-33(22-16-29)50(41,42)43)28-13-19-32(20-14-28)39(4-2)37(40)30-8-6-10-35(24-30)52(47,48)49/h5-24,37,40H,3-4,25H2,1-2H3,(H2-,41,42,43,44,45,46,47,48,49)/p+1. The van der Waals surface area contributed by atoms with E-state index in [9.17, 15) is 44.0 Å². The third-order valence-corrected chi connectivity index (χ3v) is 11.1. The van der Waals surface area contributed by atoms with Crippen LogP contribution in [0.15, 0.2) is 142 Å². The predicted octanol–water partition coefficient (Wildman–Crippen LogP) is 5.55. The van der Waals surface area contributed by atoms with Gasteiger partial charge in [-0.05, 0) is 96.8 Å². The maximum Gasteiger partial charge on any atom is 0.294 e. The summed E-state index contributed by atoms with van der Waals surface area (Å²) in [5, 5.41) is 11.2. The molecule has 0 heterocycles. The highest BCUT2D eigenvalue weighted by Crippen LogP contribution is 2.33. The van der Waals surface area contributed by atoms with Gasteiger partial charge in [0, 0.05) is 35.5 Å². The molecule has 15 heteroatoms. The van der Waals surface area contributed by atoms with Crippen LogP contribution in [0.25, 0.3) is 5.57 Å². The number of allylic oxidation sites excluding steroid dienone is 5. The molecule has 1 unspecified atom stereocenters. The van der Waals surface area contributed by atoms with Gasteiger partial charge in [0.1, 0.15) is 6.54 Å². The summed E-state index contributed by atoms with van der Waals surface area (Å²) in [4.78, 5) is 0.857. The molecule has 4 N–H and O–H groups in total. The van der Waals surface area contributed by atoms with E-state index in [0.29, 0.717) is 36.4 Å². The molecule has 4 aromatic rings. The van der Waals surface area contributed by atoms with Gasteiger partial charge in [-0.15, -0.1) is 0 Å². The van der Waals surface area contributed by atoms with Crippen molar-refractivity contribution in [1.82, 2.24) is 0 Å². The van der Waals surface area contributed by atoms with Gasteiger partial charge in [0.15, 0.2) is 18.5 Å². The molecule has 0 saturated heterocycles.